The summed E-state index contributed by atoms with van der Waals surface area (Å²) in [7, 11) is 0. The first kappa shape index (κ1) is 15.7. The number of amides is 1. The van der Waals surface area contributed by atoms with Crippen LogP contribution in [0.25, 0.3) is 10.9 Å². The summed E-state index contributed by atoms with van der Waals surface area (Å²) in [5.74, 6) is 0.434. The summed E-state index contributed by atoms with van der Waals surface area (Å²) in [6, 6.07) is 11.2. The van der Waals surface area contributed by atoms with Gasteiger partial charge in [0, 0.05) is 22.7 Å². The number of para-hydroxylation sites is 1. The first-order valence-corrected chi connectivity index (χ1v) is 8.48. The van der Waals surface area contributed by atoms with Crippen LogP contribution in [0, 0.1) is 0 Å². The molecule has 1 amide bonds. The molecule has 1 fully saturated rings. The summed E-state index contributed by atoms with van der Waals surface area (Å²) in [6.07, 6.45) is 3.30. The number of rotatable bonds is 4. The number of carbonyl (C=O) groups is 2. The van der Waals surface area contributed by atoms with E-state index in [4.69, 9.17) is 4.42 Å². The molecule has 0 unspecified atom stereocenters. The fourth-order valence-corrected chi connectivity index (χ4v) is 3.38. The zero-order valence-corrected chi connectivity index (χ0v) is 13.8. The number of carbonyl (C=O) groups excluding carboxylic acids is 2. The third kappa shape index (κ3) is 3.08. The number of aromatic amines is 1. The minimum atomic E-state index is -0.0768. The summed E-state index contributed by atoms with van der Waals surface area (Å²) in [5, 5.41) is 0.971. The highest BCUT2D eigenvalue weighted by atomic mass is 16.3. The molecule has 0 spiro atoms. The number of furan rings is 1. The molecule has 6 nitrogen and oxygen atoms in total. The molecule has 4 rings (SSSR count). The summed E-state index contributed by atoms with van der Waals surface area (Å²) >= 11 is 0. The van der Waals surface area contributed by atoms with E-state index < -0.39 is 0 Å². The Hall–Kier alpha value is -2.86. The van der Waals surface area contributed by atoms with Crippen molar-refractivity contribution in [2.45, 2.75) is 0 Å². The van der Waals surface area contributed by atoms with E-state index in [1.807, 2.05) is 24.3 Å². The van der Waals surface area contributed by atoms with Gasteiger partial charge in [-0.3, -0.25) is 9.59 Å². The van der Waals surface area contributed by atoms with Gasteiger partial charge in [0.25, 0.3) is 5.91 Å². The second-order valence-corrected chi connectivity index (χ2v) is 6.37. The van der Waals surface area contributed by atoms with E-state index in [0.717, 1.165) is 29.6 Å². The van der Waals surface area contributed by atoms with Crippen molar-refractivity contribution in [2.24, 2.45) is 0 Å². The Labute approximate surface area is 145 Å². The number of piperazine rings is 1. The first-order valence-electron chi connectivity index (χ1n) is 8.48. The third-order valence-corrected chi connectivity index (χ3v) is 4.79. The molecule has 2 aromatic heterocycles. The lowest BCUT2D eigenvalue weighted by Crippen LogP contribution is -3.15. The van der Waals surface area contributed by atoms with Crippen LogP contribution >= 0.6 is 0 Å². The lowest BCUT2D eigenvalue weighted by atomic mass is 10.1. The topological polar surface area (TPSA) is 70.8 Å². The number of H-pyrrole nitrogens is 1. The number of nitrogens with zero attached hydrogens (tertiary/aromatic N) is 1. The molecular weight excluding hydrogens is 318 g/mol. The number of quaternary nitrogens is 1. The number of aromatic nitrogens is 1. The van der Waals surface area contributed by atoms with Gasteiger partial charge in [0.05, 0.1) is 32.4 Å². The van der Waals surface area contributed by atoms with E-state index in [0.29, 0.717) is 25.4 Å². The van der Waals surface area contributed by atoms with Crippen LogP contribution in [-0.4, -0.2) is 54.3 Å². The Kier molecular flexibility index (Phi) is 4.11. The molecule has 6 heteroatoms. The highest BCUT2D eigenvalue weighted by molar-refractivity contribution is 6.08. The Morgan fingerprint density at radius 2 is 1.92 bits per heavy atom. The maximum atomic E-state index is 12.7. The van der Waals surface area contributed by atoms with Crippen LogP contribution < -0.4 is 4.90 Å². The highest BCUT2D eigenvalue weighted by Crippen LogP contribution is 2.17. The number of Topliss-reactive ketones (excluding diaryl/α,β-unsaturated/α-hetero) is 1. The molecule has 0 saturated carbocycles. The van der Waals surface area contributed by atoms with Crippen LogP contribution in [0.3, 0.4) is 0 Å². The van der Waals surface area contributed by atoms with Crippen LogP contribution in [0.2, 0.25) is 0 Å². The lowest BCUT2D eigenvalue weighted by molar-refractivity contribution is -0.895. The average Bonchev–Trinajstić information content (AvgIpc) is 3.31. The Balaban J connectivity index is 1.37. The summed E-state index contributed by atoms with van der Waals surface area (Å²) < 4.78 is 5.17. The third-order valence-electron chi connectivity index (χ3n) is 4.79. The zero-order valence-electron chi connectivity index (χ0n) is 13.8. The van der Waals surface area contributed by atoms with E-state index >= 15 is 0 Å². The molecule has 1 aliphatic heterocycles. The van der Waals surface area contributed by atoms with E-state index in [9.17, 15) is 9.59 Å². The quantitative estimate of drug-likeness (QED) is 0.697. The van der Waals surface area contributed by atoms with Gasteiger partial charge in [-0.15, -0.1) is 0 Å². The SMILES string of the molecule is O=C(C[NH+]1CCN(C(=O)c2ccco2)CC1)c1c[nH]c2ccccc12. The summed E-state index contributed by atoms with van der Waals surface area (Å²) in [4.78, 5) is 31.1. The number of hydrogen-bond acceptors (Lipinski definition) is 3. The fraction of sp³-hybridized carbons (Fsp3) is 0.263. The molecule has 0 radical (unpaired) electrons. The largest absolute Gasteiger partial charge is 0.459 e. The lowest BCUT2D eigenvalue weighted by Gasteiger charge is -2.31. The number of benzene rings is 1. The van der Waals surface area contributed by atoms with Crippen molar-refractivity contribution >= 4 is 22.6 Å². The van der Waals surface area contributed by atoms with E-state index in [1.54, 1.807) is 23.2 Å². The van der Waals surface area contributed by atoms with Crippen LogP contribution in [0.4, 0.5) is 0 Å². The first-order chi connectivity index (χ1) is 12.2. The minimum absolute atomic E-state index is 0.0768. The van der Waals surface area contributed by atoms with Crippen molar-refractivity contribution in [1.29, 1.82) is 0 Å². The molecule has 25 heavy (non-hydrogen) atoms. The molecule has 1 aromatic carbocycles. The number of hydrogen-bond donors (Lipinski definition) is 2. The van der Waals surface area contributed by atoms with Crippen LogP contribution in [0.15, 0.2) is 53.3 Å². The molecule has 0 atom stereocenters. The Morgan fingerprint density at radius 3 is 2.68 bits per heavy atom. The van der Waals surface area contributed by atoms with Gasteiger partial charge >= 0.3 is 0 Å². The fourth-order valence-electron chi connectivity index (χ4n) is 3.38. The van der Waals surface area contributed by atoms with Crippen molar-refractivity contribution in [3.05, 3.63) is 60.2 Å². The Morgan fingerprint density at radius 1 is 1.12 bits per heavy atom. The molecule has 128 valence electrons. The van der Waals surface area contributed by atoms with Crippen molar-refractivity contribution < 1.29 is 18.9 Å². The van der Waals surface area contributed by atoms with Crippen molar-refractivity contribution in [1.82, 2.24) is 9.88 Å². The predicted octanol–water partition coefficient (Wildman–Crippen LogP) is 0.985. The smallest absolute Gasteiger partial charge is 0.289 e. The van der Waals surface area contributed by atoms with Gasteiger partial charge in [-0.25, -0.2) is 0 Å². The van der Waals surface area contributed by atoms with Crippen molar-refractivity contribution in [3.63, 3.8) is 0 Å². The molecule has 0 bridgehead atoms. The maximum Gasteiger partial charge on any atom is 0.289 e. The number of fused-ring (bicyclic) bond motifs is 1. The van der Waals surface area contributed by atoms with Gasteiger partial charge in [0.1, 0.15) is 6.54 Å². The average molecular weight is 338 g/mol. The van der Waals surface area contributed by atoms with Gasteiger partial charge < -0.3 is 19.2 Å². The van der Waals surface area contributed by atoms with Crippen LogP contribution in [0.1, 0.15) is 20.9 Å². The Bertz CT molecular complexity index is 890. The highest BCUT2D eigenvalue weighted by Gasteiger charge is 2.27. The minimum Gasteiger partial charge on any atom is -0.459 e. The molecule has 1 aliphatic rings. The van der Waals surface area contributed by atoms with Crippen molar-refractivity contribution in [2.75, 3.05) is 32.7 Å². The second kappa shape index (κ2) is 6.57. The van der Waals surface area contributed by atoms with Crippen LogP contribution in [0.5, 0.6) is 0 Å². The molecular formula is C19H20N3O3+. The molecule has 2 N–H and O–H groups in total. The summed E-state index contributed by atoms with van der Waals surface area (Å²) in [5.41, 5.74) is 1.73. The molecule has 1 saturated heterocycles. The van der Waals surface area contributed by atoms with Gasteiger partial charge in [0.2, 0.25) is 5.78 Å². The molecule has 3 aromatic rings. The van der Waals surface area contributed by atoms with Gasteiger partial charge in [-0.2, -0.15) is 0 Å². The second-order valence-electron chi connectivity index (χ2n) is 6.37. The summed E-state index contributed by atoms with van der Waals surface area (Å²) in [6.45, 7) is 3.25. The number of nitrogens with one attached hydrogen (secondary N) is 2. The van der Waals surface area contributed by atoms with Gasteiger partial charge in [-0.05, 0) is 18.2 Å². The van der Waals surface area contributed by atoms with E-state index in [-0.39, 0.29) is 11.7 Å². The number of ketones is 1. The molecule has 0 aliphatic carbocycles. The van der Waals surface area contributed by atoms with Crippen molar-refractivity contribution in [3.8, 4) is 0 Å². The predicted molar refractivity (Wildman–Crippen MR) is 92.8 cm³/mol. The zero-order chi connectivity index (χ0) is 17.2. The maximum absolute atomic E-state index is 12.7. The monoisotopic (exact) mass is 338 g/mol. The van der Waals surface area contributed by atoms with E-state index in [1.165, 1.54) is 11.2 Å². The van der Waals surface area contributed by atoms with Crippen LogP contribution in [-0.2, 0) is 0 Å². The standard InChI is InChI=1S/C19H19N3O3/c23-17(15-12-20-16-5-2-1-4-14(15)16)13-21-7-9-22(10-8-21)19(24)18-6-3-11-25-18/h1-6,11-12,20H,7-10,13H2/p+1. The molecule has 3 heterocycles. The van der Waals surface area contributed by atoms with Gasteiger partial charge in [0.15, 0.2) is 5.76 Å². The van der Waals surface area contributed by atoms with E-state index in [2.05, 4.69) is 4.98 Å². The van der Waals surface area contributed by atoms with Gasteiger partial charge in [-0.1, -0.05) is 18.2 Å². The normalized spacial score (nSPS) is 15.6.